The van der Waals surface area contributed by atoms with Gasteiger partial charge < -0.3 is 29.5 Å². The van der Waals surface area contributed by atoms with E-state index >= 15 is 0 Å². The van der Waals surface area contributed by atoms with Crippen LogP contribution in [-0.4, -0.2) is 61.1 Å². The molecule has 2 saturated heterocycles. The summed E-state index contributed by atoms with van der Waals surface area (Å²) in [7, 11) is 0. The Labute approximate surface area is 291 Å². The number of nitrogens with zero attached hydrogens (tertiary/aromatic N) is 2. The highest BCUT2D eigenvalue weighted by Gasteiger charge is 2.37. The van der Waals surface area contributed by atoms with Gasteiger partial charge in [0.1, 0.15) is 11.6 Å². The molecule has 0 amide bonds. The number of halogens is 1. The molecule has 266 valence electrons. The number of anilines is 1. The molecule has 49 heavy (non-hydrogen) atoms. The Bertz CT molecular complexity index is 1540. The lowest BCUT2D eigenvalue weighted by molar-refractivity contribution is -0.160. The second-order valence-corrected chi connectivity index (χ2v) is 15.3. The molecule has 0 saturated carbocycles. The summed E-state index contributed by atoms with van der Waals surface area (Å²) < 4.78 is 31.3. The van der Waals surface area contributed by atoms with Crippen LogP contribution in [0.5, 0.6) is 5.75 Å². The normalized spacial score (nSPS) is 17.6. The van der Waals surface area contributed by atoms with Gasteiger partial charge in [-0.2, -0.15) is 0 Å². The lowest BCUT2D eigenvalue weighted by Crippen LogP contribution is -2.39. The Hall–Kier alpha value is -3.53. The second-order valence-electron chi connectivity index (χ2n) is 15.3. The van der Waals surface area contributed by atoms with Gasteiger partial charge in [0.05, 0.1) is 23.6 Å². The average Bonchev–Trinajstić information content (AvgIpc) is 3.05. The van der Waals surface area contributed by atoms with Crippen molar-refractivity contribution in [1.29, 1.82) is 0 Å². The number of carboxylic acid groups (broad SMARTS) is 1. The van der Waals surface area contributed by atoms with Crippen LogP contribution in [0.2, 0.25) is 0 Å². The number of ether oxygens (including phenoxy) is 3. The van der Waals surface area contributed by atoms with Crippen molar-refractivity contribution in [3.05, 3.63) is 76.9 Å². The van der Waals surface area contributed by atoms with E-state index in [4.69, 9.17) is 19.2 Å². The van der Waals surface area contributed by atoms with E-state index in [0.29, 0.717) is 36.7 Å². The van der Waals surface area contributed by atoms with Gasteiger partial charge in [0.15, 0.2) is 6.10 Å². The van der Waals surface area contributed by atoms with Crippen LogP contribution in [0.15, 0.2) is 48.5 Å². The van der Waals surface area contributed by atoms with E-state index in [1.807, 2.05) is 52.0 Å². The summed E-state index contributed by atoms with van der Waals surface area (Å²) in [6.45, 7) is 17.2. The van der Waals surface area contributed by atoms with E-state index < -0.39 is 17.7 Å². The third-order valence-corrected chi connectivity index (χ3v) is 9.65. The quantitative estimate of drug-likeness (QED) is 0.189. The molecule has 2 aromatic carbocycles. The molecule has 0 bridgehead atoms. The molecular formula is C40H54FN3O5. The molecule has 9 heteroatoms. The second kappa shape index (κ2) is 16.0. The van der Waals surface area contributed by atoms with Crippen molar-refractivity contribution in [3.8, 4) is 16.9 Å². The van der Waals surface area contributed by atoms with Crippen LogP contribution in [0.4, 0.5) is 10.1 Å². The van der Waals surface area contributed by atoms with Gasteiger partial charge in [-0.1, -0.05) is 38.1 Å². The number of aryl methyl sites for hydroxylation is 1. The smallest absolute Gasteiger partial charge is 0.337 e. The van der Waals surface area contributed by atoms with E-state index in [0.717, 1.165) is 92.4 Å². The van der Waals surface area contributed by atoms with Crippen LogP contribution in [0, 0.1) is 24.1 Å². The summed E-state index contributed by atoms with van der Waals surface area (Å²) >= 11 is 0. The van der Waals surface area contributed by atoms with Gasteiger partial charge in [-0.05, 0) is 107 Å². The third kappa shape index (κ3) is 10.0. The fourth-order valence-electron chi connectivity index (χ4n) is 6.76. The number of rotatable bonds is 13. The molecule has 3 aromatic rings. The van der Waals surface area contributed by atoms with Crippen molar-refractivity contribution in [2.24, 2.45) is 11.3 Å². The number of carboxylic acids is 1. The lowest BCUT2D eigenvalue weighted by atomic mass is 9.81. The molecule has 2 aliphatic rings. The summed E-state index contributed by atoms with van der Waals surface area (Å²) in [5.41, 5.74) is 5.47. The zero-order chi connectivity index (χ0) is 35.2. The predicted molar refractivity (Wildman–Crippen MR) is 192 cm³/mol. The zero-order valence-corrected chi connectivity index (χ0v) is 30.1. The van der Waals surface area contributed by atoms with Crippen LogP contribution in [-0.2, 0) is 27.2 Å². The number of pyridine rings is 1. The number of aliphatic carboxylic acids is 1. The van der Waals surface area contributed by atoms with E-state index in [2.05, 4.69) is 24.1 Å². The number of piperidine rings is 1. The number of benzene rings is 2. The summed E-state index contributed by atoms with van der Waals surface area (Å²) in [5, 5.41) is 14.3. The van der Waals surface area contributed by atoms with Crippen LogP contribution < -0.4 is 15.0 Å². The van der Waals surface area contributed by atoms with Gasteiger partial charge in [0.2, 0.25) is 0 Å². The molecule has 1 atom stereocenters. The Kier molecular flexibility index (Phi) is 12.0. The molecule has 8 nitrogen and oxygen atoms in total. The number of nitrogens with one attached hydrogen (secondary N) is 1. The maximum atomic E-state index is 13.3. The zero-order valence-electron chi connectivity index (χ0n) is 30.1. The van der Waals surface area contributed by atoms with E-state index in [-0.39, 0.29) is 11.2 Å². The number of hydrogen-bond acceptors (Lipinski definition) is 7. The molecular weight excluding hydrogens is 621 g/mol. The van der Waals surface area contributed by atoms with Gasteiger partial charge in [-0.3, -0.25) is 4.98 Å². The van der Waals surface area contributed by atoms with Crippen molar-refractivity contribution < 1.29 is 28.5 Å². The standard InChI is InChI=1S/C40H54FN3O5/c1-27-34(37(38(45)46)49-39(2,3)4)36(44-20-18-40(5,6)19-21-44)35(33(43-27)26-42-25-29-15-22-47-23-16-29)30-9-13-32(14-10-30)48-24-17-28-7-11-31(41)12-8-28/h7-14,29,37,42H,15-26H2,1-6H3,(H,45,46)/t37-/m0/s1. The van der Waals surface area contributed by atoms with Crippen molar-refractivity contribution >= 4 is 11.7 Å². The Morgan fingerprint density at radius 1 is 1.08 bits per heavy atom. The molecule has 0 radical (unpaired) electrons. The molecule has 0 unspecified atom stereocenters. The lowest BCUT2D eigenvalue weighted by Gasteiger charge is -2.41. The van der Waals surface area contributed by atoms with Crippen molar-refractivity contribution in [3.63, 3.8) is 0 Å². The molecule has 5 rings (SSSR count). The van der Waals surface area contributed by atoms with E-state index in [1.54, 1.807) is 12.1 Å². The first-order valence-electron chi connectivity index (χ1n) is 17.7. The predicted octanol–water partition coefficient (Wildman–Crippen LogP) is 7.90. The van der Waals surface area contributed by atoms with Crippen LogP contribution in [0.25, 0.3) is 11.1 Å². The first kappa shape index (κ1) is 36.7. The molecule has 3 heterocycles. The minimum atomic E-state index is -1.19. The van der Waals surface area contributed by atoms with Crippen LogP contribution in [0.3, 0.4) is 0 Å². The highest BCUT2D eigenvalue weighted by molar-refractivity contribution is 5.88. The summed E-state index contributed by atoms with van der Waals surface area (Å²) in [6, 6.07) is 14.5. The number of hydrogen-bond donors (Lipinski definition) is 2. The molecule has 0 aliphatic carbocycles. The minimum absolute atomic E-state index is 0.202. The summed E-state index contributed by atoms with van der Waals surface area (Å²) in [6.07, 6.45) is 3.53. The Balaban J connectivity index is 1.54. The van der Waals surface area contributed by atoms with Crippen LogP contribution in [0.1, 0.15) is 88.9 Å². The SMILES string of the molecule is Cc1nc(CNCC2CCOCC2)c(-c2ccc(OCCc3ccc(F)cc3)cc2)c(N2CCC(C)(C)CC2)c1[C@H](OC(C)(C)C)C(=O)O. The molecule has 1 aromatic heterocycles. The third-order valence-electron chi connectivity index (χ3n) is 9.65. The van der Waals surface area contributed by atoms with Crippen molar-refractivity contribution in [2.45, 2.75) is 91.9 Å². The topological polar surface area (TPSA) is 93.2 Å². The molecule has 2 N–H and O–H groups in total. The molecule has 2 fully saturated rings. The van der Waals surface area contributed by atoms with E-state index in [9.17, 15) is 14.3 Å². The molecule has 0 spiro atoms. The monoisotopic (exact) mass is 675 g/mol. The Morgan fingerprint density at radius 2 is 1.73 bits per heavy atom. The van der Waals surface area contributed by atoms with Gasteiger partial charge in [-0.15, -0.1) is 0 Å². The van der Waals surface area contributed by atoms with Gasteiger partial charge in [0, 0.05) is 56.1 Å². The fraction of sp³-hybridized carbons (Fsp3) is 0.550. The summed E-state index contributed by atoms with van der Waals surface area (Å²) in [5.74, 6) is -0.00510. The average molecular weight is 676 g/mol. The first-order valence-corrected chi connectivity index (χ1v) is 17.7. The number of carbonyl (C=O) groups is 1. The highest BCUT2D eigenvalue weighted by atomic mass is 19.1. The maximum Gasteiger partial charge on any atom is 0.337 e. The number of aromatic nitrogens is 1. The van der Waals surface area contributed by atoms with Crippen LogP contribution >= 0.6 is 0 Å². The summed E-state index contributed by atoms with van der Waals surface area (Å²) in [4.78, 5) is 20.5. The van der Waals surface area contributed by atoms with Crippen molar-refractivity contribution in [2.75, 3.05) is 44.4 Å². The van der Waals surface area contributed by atoms with Gasteiger partial charge in [0.25, 0.3) is 0 Å². The first-order chi connectivity index (χ1) is 23.3. The van der Waals surface area contributed by atoms with E-state index in [1.165, 1.54) is 12.1 Å². The Morgan fingerprint density at radius 3 is 2.35 bits per heavy atom. The highest BCUT2D eigenvalue weighted by Crippen LogP contribution is 2.45. The fourth-order valence-corrected chi connectivity index (χ4v) is 6.76. The van der Waals surface area contributed by atoms with Gasteiger partial charge >= 0.3 is 5.97 Å². The minimum Gasteiger partial charge on any atom is -0.493 e. The van der Waals surface area contributed by atoms with Crippen molar-refractivity contribution in [1.82, 2.24) is 10.3 Å². The largest absolute Gasteiger partial charge is 0.493 e. The van der Waals surface area contributed by atoms with Gasteiger partial charge in [-0.25, -0.2) is 9.18 Å². The molecule has 2 aliphatic heterocycles. The maximum absolute atomic E-state index is 13.3.